The molecule has 0 radical (unpaired) electrons. The maximum atomic E-state index is 12.1. The van der Waals surface area contributed by atoms with Crippen molar-refractivity contribution in [2.45, 2.75) is 19.8 Å². The van der Waals surface area contributed by atoms with E-state index < -0.39 is 0 Å². The van der Waals surface area contributed by atoms with Gasteiger partial charge in [-0.2, -0.15) is 0 Å². The quantitative estimate of drug-likeness (QED) is 0.633. The van der Waals surface area contributed by atoms with Gasteiger partial charge in [-0.05, 0) is 25.8 Å². The SMILES string of the molecule is Cc1cc(N2CCC(C(=O)N(C)C)CC2)c2cccc([N+](=O)[O-])c2n1. The molecule has 1 aliphatic heterocycles. The fraction of sp³-hybridized carbons (Fsp3) is 0.444. The lowest BCUT2D eigenvalue weighted by molar-refractivity contribution is -0.383. The lowest BCUT2D eigenvalue weighted by atomic mass is 9.94. The Morgan fingerprint density at radius 3 is 2.60 bits per heavy atom. The number of hydrogen-bond donors (Lipinski definition) is 0. The molecule has 0 atom stereocenters. The summed E-state index contributed by atoms with van der Waals surface area (Å²) in [6, 6.07) is 7.03. The third-order valence-corrected chi connectivity index (χ3v) is 4.75. The van der Waals surface area contributed by atoms with Crippen LogP contribution in [0, 0.1) is 23.0 Å². The number of non-ortho nitro benzene ring substituents is 1. The molecule has 25 heavy (non-hydrogen) atoms. The van der Waals surface area contributed by atoms with Crippen LogP contribution in [0.15, 0.2) is 24.3 Å². The van der Waals surface area contributed by atoms with Crippen molar-refractivity contribution in [3.05, 3.63) is 40.1 Å². The zero-order chi connectivity index (χ0) is 18.1. The fourth-order valence-corrected chi connectivity index (χ4v) is 3.48. The number of pyridine rings is 1. The second kappa shape index (κ2) is 6.66. The molecule has 0 aliphatic carbocycles. The monoisotopic (exact) mass is 342 g/mol. The smallest absolute Gasteiger partial charge is 0.295 e. The van der Waals surface area contributed by atoms with Crippen LogP contribution in [0.1, 0.15) is 18.5 Å². The molecule has 1 aliphatic rings. The van der Waals surface area contributed by atoms with Crippen molar-refractivity contribution in [3.63, 3.8) is 0 Å². The zero-order valence-corrected chi connectivity index (χ0v) is 14.7. The molecule has 132 valence electrons. The Morgan fingerprint density at radius 1 is 1.32 bits per heavy atom. The number of benzene rings is 1. The van der Waals surface area contributed by atoms with E-state index in [0.29, 0.717) is 5.52 Å². The zero-order valence-electron chi connectivity index (χ0n) is 14.7. The number of nitro groups is 1. The van der Waals surface area contributed by atoms with Gasteiger partial charge in [0.2, 0.25) is 5.91 Å². The number of hydrogen-bond acceptors (Lipinski definition) is 5. The Hall–Kier alpha value is -2.70. The Bertz CT molecular complexity index is 826. The van der Waals surface area contributed by atoms with Crippen LogP contribution < -0.4 is 4.90 Å². The molecule has 0 spiro atoms. The van der Waals surface area contributed by atoms with Crippen LogP contribution in [0.5, 0.6) is 0 Å². The summed E-state index contributed by atoms with van der Waals surface area (Å²) in [6.07, 6.45) is 1.57. The Kier molecular flexibility index (Phi) is 4.57. The lowest BCUT2D eigenvalue weighted by Crippen LogP contribution is -2.40. The first-order valence-electron chi connectivity index (χ1n) is 8.39. The van der Waals surface area contributed by atoms with E-state index >= 15 is 0 Å². The van der Waals surface area contributed by atoms with E-state index in [1.807, 2.05) is 19.1 Å². The number of amides is 1. The van der Waals surface area contributed by atoms with E-state index in [4.69, 9.17) is 0 Å². The van der Waals surface area contributed by atoms with Gasteiger partial charge in [0.05, 0.1) is 4.92 Å². The molecule has 7 heteroatoms. The number of anilines is 1. The predicted molar refractivity (Wildman–Crippen MR) is 96.8 cm³/mol. The summed E-state index contributed by atoms with van der Waals surface area (Å²) in [5, 5.41) is 12.1. The first-order chi connectivity index (χ1) is 11.9. The summed E-state index contributed by atoms with van der Waals surface area (Å²) in [4.78, 5) is 31.3. The summed E-state index contributed by atoms with van der Waals surface area (Å²) in [5.74, 6) is 0.223. The molecule has 3 rings (SSSR count). The number of para-hydroxylation sites is 1. The minimum atomic E-state index is -0.388. The average Bonchev–Trinajstić information content (AvgIpc) is 2.59. The van der Waals surface area contributed by atoms with Crippen LogP contribution in [0.4, 0.5) is 11.4 Å². The highest BCUT2D eigenvalue weighted by molar-refractivity contribution is 5.97. The number of rotatable bonds is 3. The molecule has 1 saturated heterocycles. The molecular formula is C18H22N4O3. The Balaban J connectivity index is 1.94. The molecule has 0 unspecified atom stereocenters. The van der Waals surface area contributed by atoms with Gasteiger partial charge in [-0.1, -0.05) is 12.1 Å². The first kappa shape index (κ1) is 17.1. The van der Waals surface area contributed by atoms with Crippen molar-refractivity contribution in [2.24, 2.45) is 5.92 Å². The molecule has 0 bridgehead atoms. The largest absolute Gasteiger partial charge is 0.371 e. The second-order valence-corrected chi connectivity index (χ2v) is 6.71. The van der Waals surface area contributed by atoms with Gasteiger partial charge in [0.15, 0.2) is 5.52 Å². The lowest BCUT2D eigenvalue weighted by Gasteiger charge is -2.34. The Labute approximate surface area is 146 Å². The van der Waals surface area contributed by atoms with Crippen molar-refractivity contribution >= 4 is 28.2 Å². The van der Waals surface area contributed by atoms with Crippen LogP contribution in [-0.4, -0.2) is 47.9 Å². The topological polar surface area (TPSA) is 79.6 Å². The maximum absolute atomic E-state index is 12.1. The average molecular weight is 342 g/mol. The first-order valence-corrected chi connectivity index (χ1v) is 8.39. The predicted octanol–water partition coefficient (Wildman–Crippen LogP) is 2.76. The van der Waals surface area contributed by atoms with Crippen LogP contribution >= 0.6 is 0 Å². The number of piperidine rings is 1. The third kappa shape index (κ3) is 3.26. The van der Waals surface area contributed by atoms with Gasteiger partial charge in [0.25, 0.3) is 5.69 Å². The van der Waals surface area contributed by atoms with E-state index in [1.165, 1.54) is 6.07 Å². The van der Waals surface area contributed by atoms with Crippen LogP contribution in [0.25, 0.3) is 10.9 Å². The fourth-order valence-electron chi connectivity index (χ4n) is 3.48. The normalized spacial score (nSPS) is 15.4. The highest BCUT2D eigenvalue weighted by Crippen LogP contribution is 2.34. The number of carbonyl (C=O) groups excluding carboxylic acids is 1. The third-order valence-electron chi connectivity index (χ3n) is 4.75. The molecule has 2 aromatic rings. The highest BCUT2D eigenvalue weighted by Gasteiger charge is 2.27. The van der Waals surface area contributed by atoms with E-state index in [2.05, 4.69) is 9.88 Å². The van der Waals surface area contributed by atoms with Gasteiger partial charge in [0, 0.05) is 55.9 Å². The molecule has 0 N–H and O–H groups in total. The number of nitrogens with zero attached hydrogens (tertiary/aromatic N) is 4. The van der Waals surface area contributed by atoms with Crippen LogP contribution in [0.2, 0.25) is 0 Å². The number of carbonyl (C=O) groups is 1. The van der Waals surface area contributed by atoms with Crippen molar-refractivity contribution in [3.8, 4) is 0 Å². The van der Waals surface area contributed by atoms with Gasteiger partial charge in [-0.3, -0.25) is 14.9 Å². The minimum Gasteiger partial charge on any atom is -0.371 e. The molecule has 1 aromatic heterocycles. The summed E-state index contributed by atoms with van der Waals surface area (Å²) in [7, 11) is 3.57. The molecule has 1 amide bonds. The molecular weight excluding hydrogens is 320 g/mol. The van der Waals surface area contributed by atoms with Gasteiger partial charge in [0.1, 0.15) is 0 Å². The molecule has 2 heterocycles. The number of fused-ring (bicyclic) bond motifs is 1. The standard InChI is InChI=1S/C18H22N4O3/c1-12-11-16(14-5-4-6-15(22(24)25)17(14)19-12)21-9-7-13(8-10-21)18(23)20(2)3/h4-6,11,13H,7-10H2,1-3H3. The van der Waals surface area contributed by atoms with Gasteiger partial charge >= 0.3 is 0 Å². The van der Waals surface area contributed by atoms with Gasteiger partial charge in [-0.15, -0.1) is 0 Å². The minimum absolute atomic E-state index is 0.0279. The van der Waals surface area contributed by atoms with E-state index in [0.717, 1.165) is 42.7 Å². The van der Waals surface area contributed by atoms with E-state index in [1.54, 1.807) is 25.1 Å². The van der Waals surface area contributed by atoms with E-state index in [-0.39, 0.29) is 22.4 Å². The summed E-state index contributed by atoms with van der Waals surface area (Å²) >= 11 is 0. The maximum Gasteiger partial charge on any atom is 0.295 e. The van der Waals surface area contributed by atoms with Gasteiger partial charge < -0.3 is 9.80 Å². The number of aryl methyl sites for hydroxylation is 1. The molecule has 1 aromatic carbocycles. The number of nitro benzene ring substituents is 1. The van der Waals surface area contributed by atoms with Crippen molar-refractivity contribution in [2.75, 3.05) is 32.1 Å². The Morgan fingerprint density at radius 2 is 2.00 bits per heavy atom. The highest BCUT2D eigenvalue weighted by atomic mass is 16.6. The summed E-state index contributed by atoms with van der Waals surface area (Å²) in [6.45, 7) is 3.36. The van der Waals surface area contributed by atoms with Crippen LogP contribution in [-0.2, 0) is 4.79 Å². The summed E-state index contributed by atoms with van der Waals surface area (Å²) < 4.78 is 0. The second-order valence-electron chi connectivity index (χ2n) is 6.71. The molecule has 1 fully saturated rings. The van der Waals surface area contributed by atoms with Crippen molar-refractivity contribution < 1.29 is 9.72 Å². The van der Waals surface area contributed by atoms with Crippen molar-refractivity contribution in [1.29, 1.82) is 0 Å². The van der Waals surface area contributed by atoms with E-state index in [9.17, 15) is 14.9 Å². The molecule has 0 saturated carbocycles. The summed E-state index contributed by atoms with van der Waals surface area (Å²) in [5.41, 5.74) is 2.17. The molecule has 7 nitrogen and oxygen atoms in total. The van der Waals surface area contributed by atoms with Crippen LogP contribution in [0.3, 0.4) is 0 Å². The van der Waals surface area contributed by atoms with Crippen molar-refractivity contribution in [1.82, 2.24) is 9.88 Å². The number of aromatic nitrogens is 1. The van der Waals surface area contributed by atoms with Gasteiger partial charge in [-0.25, -0.2) is 4.98 Å².